The third-order valence-corrected chi connectivity index (χ3v) is 5.77. The zero-order valence-corrected chi connectivity index (χ0v) is 17.1. The van der Waals surface area contributed by atoms with E-state index >= 15 is 0 Å². The number of piperazine rings is 1. The van der Waals surface area contributed by atoms with Gasteiger partial charge < -0.3 is 4.90 Å². The number of nitrogens with zero attached hydrogens (tertiary/aromatic N) is 4. The molecule has 1 aliphatic heterocycles. The van der Waals surface area contributed by atoms with Crippen molar-refractivity contribution in [3.8, 4) is 5.69 Å². The second-order valence-corrected chi connectivity index (χ2v) is 7.64. The summed E-state index contributed by atoms with van der Waals surface area (Å²) in [6.45, 7) is 3.15. The molecule has 4 rings (SSSR count). The smallest absolute Gasteiger partial charge is 0.292 e. The van der Waals surface area contributed by atoms with Gasteiger partial charge in [-0.25, -0.2) is 4.39 Å². The highest BCUT2D eigenvalue weighted by Crippen LogP contribution is 2.25. The third kappa shape index (κ3) is 4.15. The van der Waals surface area contributed by atoms with Crippen LogP contribution >= 0.6 is 23.2 Å². The molecule has 0 bridgehead atoms. The summed E-state index contributed by atoms with van der Waals surface area (Å²) < 4.78 is 15.3. The van der Waals surface area contributed by atoms with Gasteiger partial charge >= 0.3 is 0 Å². The number of rotatable bonds is 4. The molecule has 29 heavy (non-hydrogen) atoms. The monoisotopic (exact) mass is 432 g/mol. The van der Waals surface area contributed by atoms with Crippen LogP contribution in [0.4, 0.5) is 10.1 Å². The topological polar surface area (TPSA) is 41.4 Å². The van der Waals surface area contributed by atoms with Crippen molar-refractivity contribution in [3.05, 3.63) is 86.5 Å². The lowest BCUT2D eigenvalue weighted by Crippen LogP contribution is -2.46. The second kappa shape index (κ2) is 8.53. The minimum Gasteiger partial charge on any atom is -0.366 e. The van der Waals surface area contributed by atoms with E-state index in [4.69, 9.17) is 23.2 Å². The lowest BCUT2D eigenvalue weighted by Gasteiger charge is -2.36. The lowest BCUT2D eigenvalue weighted by molar-refractivity contribution is 0.246. The Kier molecular flexibility index (Phi) is 5.85. The fourth-order valence-corrected chi connectivity index (χ4v) is 3.92. The maximum Gasteiger partial charge on any atom is 0.292 e. The largest absolute Gasteiger partial charge is 0.366 e. The minimum absolute atomic E-state index is 0.148. The van der Waals surface area contributed by atoms with E-state index in [2.05, 4.69) is 10.00 Å². The molecule has 0 unspecified atom stereocenters. The van der Waals surface area contributed by atoms with Gasteiger partial charge in [-0.1, -0.05) is 47.5 Å². The van der Waals surface area contributed by atoms with Crippen LogP contribution in [0, 0.1) is 5.82 Å². The molecule has 0 saturated carbocycles. The Balaban J connectivity index is 1.48. The van der Waals surface area contributed by atoms with E-state index in [1.165, 1.54) is 10.7 Å². The fraction of sp³-hybridized carbons (Fsp3) is 0.238. The highest BCUT2D eigenvalue weighted by molar-refractivity contribution is 6.33. The number of hydrogen-bond donors (Lipinski definition) is 0. The van der Waals surface area contributed by atoms with Crippen LogP contribution < -0.4 is 10.5 Å². The normalized spacial score (nSPS) is 14.9. The van der Waals surface area contributed by atoms with Crippen molar-refractivity contribution >= 4 is 28.9 Å². The molecule has 150 valence electrons. The molecule has 2 aromatic carbocycles. The average molecular weight is 433 g/mol. The Morgan fingerprint density at radius 2 is 1.69 bits per heavy atom. The van der Waals surface area contributed by atoms with Crippen LogP contribution in [-0.4, -0.2) is 40.9 Å². The van der Waals surface area contributed by atoms with Crippen LogP contribution in [-0.2, 0) is 6.54 Å². The fourth-order valence-electron chi connectivity index (χ4n) is 3.45. The van der Waals surface area contributed by atoms with Gasteiger partial charge in [0, 0.05) is 43.3 Å². The summed E-state index contributed by atoms with van der Waals surface area (Å²) in [5.74, 6) is -0.295. The van der Waals surface area contributed by atoms with Crippen molar-refractivity contribution in [2.24, 2.45) is 0 Å². The van der Waals surface area contributed by atoms with Crippen molar-refractivity contribution in [3.63, 3.8) is 0 Å². The highest BCUT2D eigenvalue weighted by Gasteiger charge is 2.22. The van der Waals surface area contributed by atoms with Crippen LogP contribution in [0.5, 0.6) is 0 Å². The molecule has 3 aromatic rings. The maximum atomic E-state index is 14.0. The molecule has 1 aliphatic rings. The standard InChI is InChI=1S/C21H19Cl2FN4O/c22-17-7-4-8-18(24)16(17)14-26-9-11-27(12-10-26)19-13-25-28(21(29)20(19)23)15-5-2-1-3-6-15/h1-8,13H,9-12,14H2. The number of benzene rings is 2. The molecule has 0 N–H and O–H groups in total. The van der Waals surface area contributed by atoms with Gasteiger partial charge in [0.15, 0.2) is 0 Å². The summed E-state index contributed by atoms with van der Waals surface area (Å²) in [6.07, 6.45) is 1.63. The summed E-state index contributed by atoms with van der Waals surface area (Å²) in [4.78, 5) is 16.9. The molecule has 1 fully saturated rings. The van der Waals surface area contributed by atoms with Gasteiger partial charge in [0.2, 0.25) is 0 Å². The molecule has 1 saturated heterocycles. The van der Waals surface area contributed by atoms with Crippen LogP contribution in [0.1, 0.15) is 5.56 Å². The van der Waals surface area contributed by atoms with Crippen molar-refractivity contribution in [1.82, 2.24) is 14.7 Å². The van der Waals surface area contributed by atoms with Crippen molar-refractivity contribution in [1.29, 1.82) is 0 Å². The predicted molar refractivity (Wildman–Crippen MR) is 114 cm³/mol. The van der Waals surface area contributed by atoms with Crippen molar-refractivity contribution in [2.75, 3.05) is 31.1 Å². The van der Waals surface area contributed by atoms with Crippen LogP contribution in [0.15, 0.2) is 59.5 Å². The van der Waals surface area contributed by atoms with Crippen LogP contribution in [0.2, 0.25) is 10.0 Å². The van der Waals surface area contributed by atoms with E-state index in [1.54, 1.807) is 30.5 Å². The van der Waals surface area contributed by atoms with Crippen LogP contribution in [0.25, 0.3) is 5.69 Å². The summed E-state index contributed by atoms with van der Waals surface area (Å²) in [5, 5.41) is 4.87. The van der Waals surface area contributed by atoms with E-state index in [9.17, 15) is 9.18 Å². The first-order valence-corrected chi connectivity index (χ1v) is 10.0. The first kappa shape index (κ1) is 19.9. The summed E-state index contributed by atoms with van der Waals surface area (Å²) in [5.41, 5.74) is 1.44. The molecule has 0 radical (unpaired) electrons. The third-order valence-electron chi connectivity index (χ3n) is 5.06. The molecule has 5 nitrogen and oxygen atoms in total. The molecule has 0 atom stereocenters. The zero-order chi connectivity index (χ0) is 20.4. The van der Waals surface area contributed by atoms with Gasteiger partial charge in [-0.2, -0.15) is 9.78 Å². The van der Waals surface area contributed by atoms with E-state index in [-0.39, 0.29) is 16.4 Å². The molecule has 2 heterocycles. The van der Waals surface area contributed by atoms with Gasteiger partial charge in [-0.3, -0.25) is 9.69 Å². The van der Waals surface area contributed by atoms with Crippen molar-refractivity contribution < 1.29 is 4.39 Å². The van der Waals surface area contributed by atoms with E-state index in [0.29, 0.717) is 54.7 Å². The summed E-state index contributed by atoms with van der Waals surface area (Å²) >= 11 is 12.5. The molecule has 8 heteroatoms. The highest BCUT2D eigenvalue weighted by atomic mass is 35.5. The average Bonchev–Trinajstić information content (AvgIpc) is 2.74. The molecule has 1 aromatic heterocycles. The van der Waals surface area contributed by atoms with Gasteiger partial charge in [0.25, 0.3) is 5.56 Å². The Labute approximate surface area is 177 Å². The molecule has 0 spiro atoms. The van der Waals surface area contributed by atoms with Gasteiger partial charge in [0.05, 0.1) is 17.6 Å². The molecule has 0 amide bonds. The molecular formula is C21H19Cl2FN4O. The number of halogens is 3. The molecular weight excluding hydrogens is 414 g/mol. The van der Waals surface area contributed by atoms with Gasteiger partial charge in [-0.15, -0.1) is 0 Å². The van der Waals surface area contributed by atoms with Gasteiger partial charge in [-0.05, 0) is 24.3 Å². The maximum absolute atomic E-state index is 14.0. The SMILES string of the molecule is O=c1c(Cl)c(N2CCN(Cc3c(F)cccc3Cl)CC2)cnn1-c1ccccc1. The van der Waals surface area contributed by atoms with Crippen LogP contribution in [0.3, 0.4) is 0 Å². The van der Waals surface area contributed by atoms with E-state index < -0.39 is 0 Å². The number of aromatic nitrogens is 2. The zero-order valence-electron chi connectivity index (χ0n) is 15.6. The quantitative estimate of drug-likeness (QED) is 0.624. The van der Waals surface area contributed by atoms with E-state index in [0.717, 1.165) is 0 Å². The Hall–Kier alpha value is -2.41. The second-order valence-electron chi connectivity index (χ2n) is 6.86. The lowest BCUT2D eigenvalue weighted by atomic mass is 10.1. The van der Waals surface area contributed by atoms with Gasteiger partial charge in [0.1, 0.15) is 10.8 Å². The van der Waals surface area contributed by atoms with Crippen molar-refractivity contribution in [2.45, 2.75) is 6.54 Å². The number of hydrogen-bond acceptors (Lipinski definition) is 4. The summed E-state index contributed by atoms with van der Waals surface area (Å²) in [7, 11) is 0. The Bertz CT molecular complexity index is 1050. The summed E-state index contributed by atoms with van der Waals surface area (Å²) in [6, 6.07) is 13.9. The first-order chi connectivity index (χ1) is 14.0. The van der Waals surface area contributed by atoms with E-state index in [1.807, 2.05) is 23.1 Å². The Morgan fingerprint density at radius 1 is 0.966 bits per heavy atom. The number of para-hydroxylation sites is 1. The Morgan fingerprint density at radius 3 is 2.38 bits per heavy atom. The first-order valence-electron chi connectivity index (χ1n) is 9.28. The number of anilines is 1. The molecule has 0 aliphatic carbocycles. The minimum atomic E-state index is -0.351. The predicted octanol–water partition coefficient (Wildman–Crippen LogP) is 4.00.